The van der Waals surface area contributed by atoms with E-state index in [0.29, 0.717) is 6.61 Å². The molecule has 2 aromatic carbocycles. The summed E-state index contributed by atoms with van der Waals surface area (Å²) < 4.78 is 7.60. The predicted molar refractivity (Wildman–Crippen MR) is 100.0 cm³/mol. The molecule has 0 bridgehead atoms. The van der Waals surface area contributed by atoms with Crippen molar-refractivity contribution in [3.05, 3.63) is 59.0 Å². The second-order valence-electron chi connectivity index (χ2n) is 5.85. The van der Waals surface area contributed by atoms with Crippen LogP contribution >= 0.6 is 0 Å². The lowest BCUT2D eigenvalue weighted by atomic mass is 10.00. The lowest BCUT2D eigenvalue weighted by molar-refractivity contribution is 0.319. The molecule has 3 nitrogen and oxygen atoms in total. The van der Waals surface area contributed by atoms with Gasteiger partial charge in [0, 0.05) is 40.0 Å². The Morgan fingerprint density at radius 3 is 2.57 bits per heavy atom. The zero-order valence-corrected chi connectivity index (χ0v) is 15.8. The van der Waals surface area contributed by atoms with Crippen molar-refractivity contribution >= 4 is 26.2 Å². The maximum Gasteiger partial charge on any atom is 0.258 e. The third-order valence-corrected chi connectivity index (χ3v) is 4.60. The van der Waals surface area contributed by atoms with E-state index >= 15 is 0 Å². The lowest BCUT2D eigenvalue weighted by Crippen LogP contribution is -2.17. The Bertz CT molecular complexity index is 915. The summed E-state index contributed by atoms with van der Waals surface area (Å²) in [5.41, 5.74) is 2.15. The van der Waals surface area contributed by atoms with E-state index in [9.17, 15) is 4.79 Å². The van der Waals surface area contributed by atoms with E-state index < -0.39 is 0 Å². The van der Waals surface area contributed by atoms with Gasteiger partial charge >= 0.3 is 0 Å². The molecular formula is C19H21NO2Si. The van der Waals surface area contributed by atoms with Crippen molar-refractivity contribution in [2.75, 3.05) is 6.61 Å². The summed E-state index contributed by atoms with van der Waals surface area (Å²) in [6.07, 6.45) is 2.88. The van der Waals surface area contributed by atoms with Crippen LogP contribution in [-0.4, -0.2) is 21.4 Å². The molecule has 23 heavy (non-hydrogen) atoms. The predicted octanol–water partition coefficient (Wildman–Crippen LogP) is 1.98. The highest BCUT2D eigenvalue weighted by Crippen LogP contribution is 2.33. The quantitative estimate of drug-likeness (QED) is 0.688. The summed E-state index contributed by atoms with van der Waals surface area (Å²) in [7, 11) is 2.78. The minimum Gasteiger partial charge on any atom is -0.493 e. The molecule has 0 spiro atoms. The summed E-state index contributed by atoms with van der Waals surface area (Å²) in [6.45, 7) is 2.79. The van der Waals surface area contributed by atoms with Gasteiger partial charge in [0.2, 0.25) is 0 Å². The molecule has 3 aromatic rings. The van der Waals surface area contributed by atoms with E-state index in [2.05, 4.69) is 19.1 Å². The first-order valence-corrected chi connectivity index (χ1v) is 8.94. The Morgan fingerprint density at radius 2 is 1.83 bits per heavy atom. The molecule has 1 heterocycles. The molecular weight excluding hydrogens is 302 g/mol. The number of nitrogens with zero attached hydrogens (tertiary/aromatic N) is 1. The van der Waals surface area contributed by atoms with E-state index in [0.717, 1.165) is 44.3 Å². The number of benzene rings is 2. The largest absolute Gasteiger partial charge is 0.493 e. The summed E-state index contributed by atoms with van der Waals surface area (Å²) >= 11 is 0. The van der Waals surface area contributed by atoms with E-state index in [1.807, 2.05) is 36.5 Å². The molecule has 0 saturated carbocycles. The average Bonchev–Trinajstić information content (AvgIpc) is 2.57. The Morgan fingerprint density at radius 1 is 1.09 bits per heavy atom. The van der Waals surface area contributed by atoms with Crippen molar-refractivity contribution in [3.8, 4) is 16.9 Å². The second-order valence-corrected chi connectivity index (χ2v) is 7.01. The fraction of sp³-hybridized carbons (Fsp3) is 0.211. The van der Waals surface area contributed by atoms with E-state index in [4.69, 9.17) is 4.74 Å². The topological polar surface area (TPSA) is 31.2 Å². The molecule has 118 valence electrons. The second kappa shape index (κ2) is 6.42. The highest BCUT2D eigenvalue weighted by molar-refractivity contribution is 6.32. The number of rotatable bonds is 4. The number of pyridine rings is 1. The molecule has 0 radical (unpaired) electrons. The average molecular weight is 323 g/mol. The van der Waals surface area contributed by atoms with Crippen molar-refractivity contribution in [1.29, 1.82) is 0 Å². The highest BCUT2D eigenvalue weighted by atomic mass is 28.1. The van der Waals surface area contributed by atoms with Crippen LogP contribution in [0.5, 0.6) is 5.75 Å². The van der Waals surface area contributed by atoms with Crippen LogP contribution in [0.2, 0.25) is 0 Å². The zero-order chi connectivity index (χ0) is 16.4. The maximum absolute atomic E-state index is 12.4. The third kappa shape index (κ3) is 2.94. The van der Waals surface area contributed by atoms with Crippen molar-refractivity contribution in [2.24, 2.45) is 7.05 Å². The number of ether oxygens (including phenoxy) is 1. The Kier molecular flexibility index (Phi) is 4.34. The van der Waals surface area contributed by atoms with Crippen molar-refractivity contribution < 1.29 is 4.74 Å². The van der Waals surface area contributed by atoms with Gasteiger partial charge in [-0.3, -0.25) is 4.79 Å². The van der Waals surface area contributed by atoms with Crippen molar-refractivity contribution in [2.45, 2.75) is 13.3 Å². The number of aryl methyl sites for hydroxylation is 1. The zero-order valence-electron chi connectivity index (χ0n) is 13.8. The van der Waals surface area contributed by atoms with Crippen LogP contribution in [0.3, 0.4) is 0 Å². The Balaban J connectivity index is 2.31. The molecule has 0 saturated heterocycles. The highest BCUT2D eigenvalue weighted by Gasteiger charge is 2.13. The van der Waals surface area contributed by atoms with Gasteiger partial charge in [-0.1, -0.05) is 42.4 Å². The first-order valence-electron chi connectivity index (χ1n) is 7.94. The first kappa shape index (κ1) is 15.6. The SMILES string of the molecule is CCCOc1ccc([SiH3])cc1-c1cn(C)c(=O)c2ccccc12. The van der Waals surface area contributed by atoms with Gasteiger partial charge in [0.25, 0.3) is 5.56 Å². The number of fused-ring (bicyclic) bond motifs is 1. The summed E-state index contributed by atoms with van der Waals surface area (Å²) in [5, 5.41) is 3.03. The van der Waals surface area contributed by atoms with Gasteiger partial charge in [-0.15, -0.1) is 0 Å². The molecule has 3 rings (SSSR count). The molecule has 0 aliphatic heterocycles. The van der Waals surface area contributed by atoms with Gasteiger partial charge < -0.3 is 9.30 Å². The molecule has 1 aromatic heterocycles. The van der Waals surface area contributed by atoms with Crippen LogP contribution in [0, 0.1) is 0 Å². The minimum atomic E-state index is 0.0300. The number of hydrogen-bond acceptors (Lipinski definition) is 2. The molecule has 4 heteroatoms. The van der Waals surface area contributed by atoms with Gasteiger partial charge in [0.15, 0.2) is 0 Å². The Hall–Kier alpha value is -2.33. The minimum absolute atomic E-state index is 0.0300. The van der Waals surface area contributed by atoms with Crippen molar-refractivity contribution in [1.82, 2.24) is 4.57 Å². The van der Waals surface area contributed by atoms with Crippen LogP contribution < -0.4 is 15.5 Å². The lowest BCUT2D eigenvalue weighted by Gasteiger charge is -2.15. The van der Waals surface area contributed by atoms with Gasteiger partial charge in [0.05, 0.1) is 6.61 Å². The Labute approximate surface area is 139 Å². The van der Waals surface area contributed by atoms with Crippen LogP contribution in [-0.2, 0) is 7.05 Å². The summed E-state index contributed by atoms with van der Waals surface area (Å²) in [6, 6.07) is 14.1. The van der Waals surface area contributed by atoms with E-state index in [-0.39, 0.29) is 5.56 Å². The van der Waals surface area contributed by atoms with Crippen LogP contribution in [0.25, 0.3) is 21.9 Å². The molecule has 0 amide bonds. The monoisotopic (exact) mass is 323 g/mol. The summed E-state index contributed by atoms with van der Waals surface area (Å²) in [5.74, 6) is 0.884. The van der Waals surface area contributed by atoms with Gasteiger partial charge in [-0.25, -0.2) is 0 Å². The summed E-state index contributed by atoms with van der Waals surface area (Å²) in [4.78, 5) is 12.4. The third-order valence-electron chi connectivity index (χ3n) is 3.98. The van der Waals surface area contributed by atoms with Gasteiger partial charge in [-0.2, -0.15) is 0 Å². The standard InChI is InChI=1S/C19H21NO2Si/c1-3-10-22-18-9-8-13(23)11-16(18)17-12-20(2)19(21)15-7-5-4-6-14(15)17/h4-9,11-12H,3,10H2,1-2,23H3. The number of hydrogen-bond donors (Lipinski definition) is 0. The molecule has 0 atom stereocenters. The smallest absolute Gasteiger partial charge is 0.258 e. The normalized spacial score (nSPS) is 11.0. The number of aromatic nitrogens is 1. The van der Waals surface area contributed by atoms with Crippen LogP contribution in [0.4, 0.5) is 0 Å². The maximum atomic E-state index is 12.4. The fourth-order valence-electron chi connectivity index (χ4n) is 2.82. The van der Waals surface area contributed by atoms with E-state index in [1.54, 1.807) is 11.6 Å². The first-order chi connectivity index (χ1) is 11.1. The fourth-order valence-corrected chi connectivity index (χ4v) is 3.28. The molecule has 0 aliphatic rings. The molecule has 0 unspecified atom stereocenters. The molecule has 0 aliphatic carbocycles. The van der Waals surface area contributed by atoms with Crippen LogP contribution in [0.1, 0.15) is 13.3 Å². The van der Waals surface area contributed by atoms with E-state index in [1.165, 1.54) is 5.19 Å². The molecule has 0 N–H and O–H groups in total. The van der Waals surface area contributed by atoms with Crippen molar-refractivity contribution in [3.63, 3.8) is 0 Å². The van der Waals surface area contributed by atoms with Gasteiger partial charge in [0.1, 0.15) is 5.75 Å². The molecule has 0 fully saturated rings. The van der Waals surface area contributed by atoms with Gasteiger partial charge in [-0.05, 0) is 23.9 Å². The van der Waals surface area contributed by atoms with Crippen LogP contribution in [0.15, 0.2) is 53.5 Å².